The molecule has 2 rings (SSSR count). The second kappa shape index (κ2) is 7.05. The van der Waals surface area contributed by atoms with Gasteiger partial charge in [0.1, 0.15) is 5.75 Å². The van der Waals surface area contributed by atoms with Crippen molar-refractivity contribution in [3.8, 4) is 5.75 Å². The first kappa shape index (κ1) is 14.5. The van der Waals surface area contributed by atoms with E-state index in [1.807, 2.05) is 19.2 Å². The maximum atomic E-state index is 5.61. The second-order valence-corrected chi connectivity index (χ2v) is 4.89. The van der Waals surface area contributed by atoms with Gasteiger partial charge in [-0.15, -0.1) is 0 Å². The molecule has 5 nitrogen and oxygen atoms in total. The first-order valence-electron chi connectivity index (χ1n) is 6.85. The first-order chi connectivity index (χ1) is 9.67. The number of aromatic nitrogens is 2. The Kier molecular flexibility index (Phi) is 5.12. The quantitative estimate of drug-likeness (QED) is 0.841. The van der Waals surface area contributed by atoms with E-state index >= 15 is 0 Å². The highest BCUT2D eigenvalue weighted by atomic mass is 16.5. The topological polar surface area (TPSA) is 60.2 Å². The summed E-state index contributed by atoms with van der Waals surface area (Å²) in [5.74, 6) is 1.94. The van der Waals surface area contributed by atoms with E-state index in [1.165, 1.54) is 5.56 Å². The minimum Gasteiger partial charge on any atom is -0.485 e. The van der Waals surface area contributed by atoms with Crippen molar-refractivity contribution >= 4 is 0 Å². The van der Waals surface area contributed by atoms with Gasteiger partial charge in [0.05, 0.1) is 0 Å². The average Bonchev–Trinajstić information content (AvgIpc) is 2.89. The largest absolute Gasteiger partial charge is 0.485 e. The summed E-state index contributed by atoms with van der Waals surface area (Å²) in [4.78, 5) is 4.09. The molecule has 1 aromatic heterocycles. The predicted molar refractivity (Wildman–Crippen MR) is 76.7 cm³/mol. The van der Waals surface area contributed by atoms with Crippen LogP contribution in [0, 0.1) is 6.92 Å². The van der Waals surface area contributed by atoms with E-state index in [1.54, 1.807) is 6.92 Å². The lowest BCUT2D eigenvalue weighted by molar-refractivity contribution is 0.285. The number of rotatable bonds is 7. The monoisotopic (exact) mass is 275 g/mol. The van der Waals surface area contributed by atoms with Crippen molar-refractivity contribution < 1.29 is 9.26 Å². The maximum Gasteiger partial charge on any atom is 0.223 e. The first-order valence-corrected chi connectivity index (χ1v) is 6.85. The number of nitrogens with one attached hydrogen (secondary N) is 1. The van der Waals surface area contributed by atoms with E-state index in [4.69, 9.17) is 9.26 Å². The summed E-state index contributed by atoms with van der Waals surface area (Å²) in [6.45, 7) is 4.27. The summed E-state index contributed by atoms with van der Waals surface area (Å²) in [6, 6.07) is 8.68. The Morgan fingerprint density at radius 3 is 2.65 bits per heavy atom. The molecule has 0 aliphatic heterocycles. The summed E-state index contributed by atoms with van der Waals surface area (Å²) in [5.41, 5.74) is 1.31. The van der Waals surface area contributed by atoms with E-state index < -0.39 is 0 Å². The number of benzene rings is 1. The summed E-state index contributed by atoms with van der Waals surface area (Å²) >= 11 is 0. The van der Waals surface area contributed by atoms with Crippen molar-refractivity contribution in [3.05, 3.63) is 41.5 Å². The van der Waals surface area contributed by atoms with Crippen LogP contribution in [0.2, 0.25) is 0 Å². The molecule has 0 saturated carbocycles. The van der Waals surface area contributed by atoms with Crippen LogP contribution in [0.3, 0.4) is 0 Å². The fourth-order valence-electron chi connectivity index (χ4n) is 1.83. The molecular weight excluding hydrogens is 254 g/mol. The van der Waals surface area contributed by atoms with Crippen LogP contribution in [0.15, 0.2) is 28.8 Å². The molecule has 0 spiro atoms. The lowest BCUT2D eigenvalue weighted by Crippen LogP contribution is -2.21. The van der Waals surface area contributed by atoms with Crippen molar-refractivity contribution in [2.75, 3.05) is 7.05 Å². The molecule has 0 bridgehead atoms. The Morgan fingerprint density at radius 2 is 2.05 bits per heavy atom. The standard InChI is InChI=1S/C15H21N3O2/c1-11(16-3)4-5-13-6-8-14(9-7-13)19-10-15-17-12(2)20-18-15/h6-9,11,16H,4-5,10H2,1-3H3. The van der Waals surface area contributed by atoms with Crippen LogP contribution in [0.4, 0.5) is 0 Å². The zero-order valence-electron chi connectivity index (χ0n) is 12.2. The molecule has 0 fully saturated rings. The fourth-order valence-corrected chi connectivity index (χ4v) is 1.83. The van der Waals surface area contributed by atoms with Gasteiger partial charge in [0, 0.05) is 13.0 Å². The van der Waals surface area contributed by atoms with Crippen molar-refractivity contribution in [1.29, 1.82) is 0 Å². The minimum absolute atomic E-state index is 0.327. The summed E-state index contributed by atoms with van der Waals surface area (Å²) < 4.78 is 10.5. The van der Waals surface area contributed by atoms with Crippen molar-refractivity contribution in [3.63, 3.8) is 0 Å². The predicted octanol–water partition coefficient (Wildman–Crippen LogP) is 2.50. The molecule has 2 aromatic rings. The number of aryl methyl sites for hydroxylation is 2. The fraction of sp³-hybridized carbons (Fsp3) is 0.467. The molecule has 1 N–H and O–H groups in total. The zero-order chi connectivity index (χ0) is 14.4. The number of hydrogen-bond donors (Lipinski definition) is 1. The molecule has 0 amide bonds. The van der Waals surface area contributed by atoms with Gasteiger partial charge in [0.25, 0.3) is 0 Å². The minimum atomic E-state index is 0.327. The third-order valence-electron chi connectivity index (χ3n) is 3.22. The van der Waals surface area contributed by atoms with Crippen LogP contribution >= 0.6 is 0 Å². The van der Waals surface area contributed by atoms with Gasteiger partial charge in [-0.1, -0.05) is 17.3 Å². The Bertz CT molecular complexity index is 522. The molecule has 0 aliphatic rings. The zero-order valence-corrected chi connectivity index (χ0v) is 12.2. The van der Waals surface area contributed by atoms with Gasteiger partial charge in [0.2, 0.25) is 11.7 Å². The molecule has 1 atom stereocenters. The van der Waals surface area contributed by atoms with Gasteiger partial charge in [-0.25, -0.2) is 0 Å². The molecule has 0 saturated heterocycles. The van der Waals surface area contributed by atoms with Gasteiger partial charge in [-0.05, 0) is 44.5 Å². The lowest BCUT2D eigenvalue weighted by Gasteiger charge is -2.10. The molecule has 1 aromatic carbocycles. The van der Waals surface area contributed by atoms with E-state index in [-0.39, 0.29) is 0 Å². The Morgan fingerprint density at radius 1 is 1.30 bits per heavy atom. The highest BCUT2D eigenvalue weighted by Crippen LogP contribution is 2.15. The van der Waals surface area contributed by atoms with Gasteiger partial charge in [0.15, 0.2) is 6.61 Å². The number of ether oxygens (including phenoxy) is 1. The van der Waals surface area contributed by atoms with Crippen LogP contribution in [0.25, 0.3) is 0 Å². The molecule has 0 radical (unpaired) electrons. The number of hydrogen-bond acceptors (Lipinski definition) is 5. The van der Waals surface area contributed by atoms with E-state index in [9.17, 15) is 0 Å². The summed E-state index contributed by atoms with van der Waals surface area (Å²) in [6.07, 6.45) is 2.19. The highest BCUT2D eigenvalue weighted by Gasteiger charge is 2.04. The summed E-state index contributed by atoms with van der Waals surface area (Å²) in [7, 11) is 1.99. The molecule has 0 aliphatic carbocycles. The van der Waals surface area contributed by atoms with Gasteiger partial charge >= 0.3 is 0 Å². The maximum absolute atomic E-state index is 5.61. The van der Waals surface area contributed by atoms with Crippen molar-refractivity contribution in [1.82, 2.24) is 15.5 Å². The van der Waals surface area contributed by atoms with Crippen LogP contribution in [0.1, 0.15) is 30.6 Å². The van der Waals surface area contributed by atoms with Crippen LogP contribution in [-0.2, 0) is 13.0 Å². The SMILES string of the molecule is CNC(C)CCc1ccc(OCc2noc(C)n2)cc1. The van der Waals surface area contributed by atoms with Crippen molar-refractivity contribution in [2.45, 2.75) is 39.3 Å². The normalized spacial score (nSPS) is 12.3. The Balaban J connectivity index is 1.82. The van der Waals surface area contributed by atoms with Gasteiger partial charge in [-0.2, -0.15) is 4.98 Å². The molecule has 20 heavy (non-hydrogen) atoms. The summed E-state index contributed by atoms with van der Waals surface area (Å²) in [5, 5.41) is 7.03. The Labute approximate surface area is 119 Å². The smallest absolute Gasteiger partial charge is 0.223 e. The molecule has 1 heterocycles. The lowest BCUT2D eigenvalue weighted by atomic mass is 10.1. The van der Waals surface area contributed by atoms with E-state index in [0.29, 0.717) is 24.4 Å². The average molecular weight is 275 g/mol. The van der Waals surface area contributed by atoms with Crippen LogP contribution < -0.4 is 10.1 Å². The number of nitrogens with zero attached hydrogens (tertiary/aromatic N) is 2. The molecule has 1 unspecified atom stereocenters. The van der Waals surface area contributed by atoms with Crippen LogP contribution in [0.5, 0.6) is 5.75 Å². The van der Waals surface area contributed by atoms with E-state index in [2.05, 4.69) is 34.5 Å². The second-order valence-electron chi connectivity index (χ2n) is 4.89. The molecule has 108 valence electrons. The van der Waals surface area contributed by atoms with E-state index in [0.717, 1.165) is 18.6 Å². The van der Waals surface area contributed by atoms with Crippen LogP contribution in [-0.4, -0.2) is 23.2 Å². The Hall–Kier alpha value is -1.88. The van der Waals surface area contributed by atoms with Gasteiger partial charge in [-0.3, -0.25) is 0 Å². The molecular formula is C15H21N3O2. The third kappa shape index (κ3) is 4.35. The van der Waals surface area contributed by atoms with Crippen molar-refractivity contribution in [2.24, 2.45) is 0 Å². The third-order valence-corrected chi connectivity index (χ3v) is 3.22. The van der Waals surface area contributed by atoms with Gasteiger partial charge < -0.3 is 14.6 Å². The highest BCUT2D eigenvalue weighted by molar-refractivity contribution is 5.27. The molecule has 5 heteroatoms.